The molecular weight excluding hydrogens is 164 g/mol. The molecule has 0 aromatic rings. The van der Waals surface area contributed by atoms with Gasteiger partial charge in [-0.15, -0.1) is 0 Å². The number of rotatable bonds is 1. The molecule has 0 amide bonds. The minimum absolute atomic E-state index is 0.240. The van der Waals surface area contributed by atoms with Gasteiger partial charge in [0.25, 0.3) is 0 Å². The van der Waals surface area contributed by atoms with Gasteiger partial charge in [-0.3, -0.25) is 0 Å². The van der Waals surface area contributed by atoms with Gasteiger partial charge in [0.05, 0.1) is 11.7 Å². The molecule has 2 nitrogen and oxygen atoms in total. The Kier molecular flexibility index (Phi) is 1.81. The van der Waals surface area contributed by atoms with E-state index in [2.05, 4.69) is 13.8 Å². The van der Waals surface area contributed by atoms with E-state index in [1.165, 1.54) is 0 Å². The van der Waals surface area contributed by atoms with E-state index in [9.17, 15) is 10.2 Å². The highest BCUT2D eigenvalue weighted by Crippen LogP contribution is 2.63. The first-order valence-corrected chi connectivity index (χ1v) is 5.33. The van der Waals surface area contributed by atoms with E-state index >= 15 is 0 Å². The lowest BCUT2D eigenvalue weighted by atomic mass is 9.43. The molecule has 2 N–H and O–H groups in total. The van der Waals surface area contributed by atoms with Crippen molar-refractivity contribution < 1.29 is 10.2 Å². The van der Waals surface area contributed by atoms with E-state index in [4.69, 9.17) is 0 Å². The Morgan fingerprint density at radius 3 is 2.31 bits per heavy atom. The average Bonchev–Trinajstić information content (AvgIpc) is 2.08. The number of aliphatic hydroxyl groups is 2. The highest BCUT2D eigenvalue weighted by molar-refractivity contribution is 5.13. The normalized spacial score (nSPS) is 52.8. The molecule has 0 radical (unpaired) electrons. The summed E-state index contributed by atoms with van der Waals surface area (Å²) < 4.78 is 0. The summed E-state index contributed by atoms with van der Waals surface area (Å²) in [7, 11) is 0. The summed E-state index contributed by atoms with van der Waals surface area (Å²) in [5.74, 6) is 0.929. The predicted molar refractivity (Wildman–Crippen MR) is 51.2 cm³/mol. The molecule has 0 heterocycles. The second-order valence-electron chi connectivity index (χ2n) is 5.40. The van der Waals surface area contributed by atoms with Crippen LogP contribution < -0.4 is 0 Å². The number of fused-ring (bicyclic) bond motifs is 2. The lowest BCUT2D eigenvalue weighted by Gasteiger charge is -2.65. The van der Waals surface area contributed by atoms with Gasteiger partial charge in [-0.25, -0.2) is 0 Å². The Morgan fingerprint density at radius 2 is 1.92 bits per heavy atom. The van der Waals surface area contributed by atoms with Gasteiger partial charge >= 0.3 is 0 Å². The van der Waals surface area contributed by atoms with Gasteiger partial charge < -0.3 is 10.2 Å². The SMILES string of the molecule is CC[C@@]1(O)[C@@H]2C[C@H](C[C@@H]1O)C2(C)C. The van der Waals surface area contributed by atoms with Crippen molar-refractivity contribution in [3.8, 4) is 0 Å². The largest absolute Gasteiger partial charge is 0.390 e. The average molecular weight is 184 g/mol. The summed E-state index contributed by atoms with van der Waals surface area (Å²) in [6, 6.07) is 0. The van der Waals surface area contributed by atoms with Crippen molar-refractivity contribution >= 4 is 0 Å². The molecule has 3 fully saturated rings. The van der Waals surface area contributed by atoms with Crippen LogP contribution in [0.25, 0.3) is 0 Å². The Balaban J connectivity index is 2.27. The highest BCUT2D eigenvalue weighted by Gasteiger charge is 2.63. The zero-order valence-corrected chi connectivity index (χ0v) is 8.75. The Morgan fingerprint density at radius 1 is 1.31 bits per heavy atom. The predicted octanol–water partition coefficient (Wildman–Crippen LogP) is 1.55. The van der Waals surface area contributed by atoms with Gasteiger partial charge in [-0.1, -0.05) is 20.8 Å². The van der Waals surface area contributed by atoms with Crippen LogP contribution in [-0.4, -0.2) is 21.9 Å². The monoisotopic (exact) mass is 184 g/mol. The van der Waals surface area contributed by atoms with E-state index in [-0.39, 0.29) is 5.41 Å². The van der Waals surface area contributed by atoms with Crippen molar-refractivity contribution in [1.29, 1.82) is 0 Å². The molecule has 0 spiro atoms. The van der Waals surface area contributed by atoms with Crippen LogP contribution in [0.5, 0.6) is 0 Å². The Labute approximate surface area is 80.0 Å². The zero-order valence-electron chi connectivity index (χ0n) is 8.75. The summed E-state index contributed by atoms with van der Waals surface area (Å²) in [5.41, 5.74) is -0.567. The Bertz CT molecular complexity index is 224. The molecule has 13 heavy (non-hydrogen) atoms. The molecule has 0 aromatic heterocycles. The number of hydrogen-bond donors (Lipinski definition) is 2. The van der Waals surface area contributed by atoms with Gasteiger partial charge in [-0.2, -0.15) is 0 Å². The molecule has 0 saturated heterocycles. The third-order valence-electron chi connectivity index (χ3n) is 4.73. The first-order valence-electron chi connectivity index (χ1n) is 5.33. The Hall–Kier alpha value is -0.0800. The smallest absolute Gasteiger partial charge is 0.0936 e. The molecule has 0 unspecified atom stereocenters. The number of hydrogen-bond acceptors (Lipinski definition) is 2. The maximum atomic E-state index is 10.3. The molecule has 76 valence electrons. The maximum Gasteiger partial charge on any atom is 0.0936 e. The van der Waals surface area contributed by atoms with Crippen LogP contribution >= 0.6 is 0 Å². The zero-order chi connectivity index (χ0) is 9.85. The van der Waals surface area contributed by atoms with E-state index in [1.807, 2.05) is 6.92 Å². The molecule has 0 aliphatic heterocycles. The van der Waals surface area contributed by atoms with E-state index in [1.54, 1.807) is 0 Å². The second-order valence-corrected chi connectivity index (χ2v) is 5.40. The first-order chi connectivity index (χ1) is 5.93. The van der Waals surface area contributed by atoms with E-state index in [0.717, 1.165) is 12.8 Å². The molecule has 3 saturated carbocycles. The molecular formula is C11H20O2. The molecule has 2 heteroatoms. The minimum atomic E-state index is -0.807. The number of aliphatic hydroxyl groups excluding tert-OH is 1. The molecule has 0 aromatic carbocycles. The third kappa shape index (κ3) is 0.962. The summed E-state index contributed by atoms with van der Waals surface area (Å²) in [6.45, 7) is 6.41. The van der Waals surface area contributed by atoms with Crippen molar-refractivity contribution in [3.63, 3.8) is 0 Å². The summed E-state index contributed by atoms with van der Waals surface area (Å²) in [6.07, 6.45) is 2.08. The van der Waals surface area contributed by atoms with Crippen LogP contribution in [-0.2, 0) is 0 Å². The van der Waals surface area contributed by atoms with Crippen molar-refractivity contribution in [2.24, 2.45) is 17.3 Å². The molecule has 3 aliphatic rings. The van der Waals surface area contributed by atoms with Crippen molar-refractivity contribution in [1.82, 2.24) is 0 Å². The van der Waals surface area contributed by atoms with Crippen molar-refractivity contribution in [3.05, 3.63) is 0 Å². The third-order valence-corrected chi connectivity index (χ3v) is 4.73. The van der Waals surface area contributed by atoms with Gasteiger partial charge in [0.1, 0.15) is 0 Å². The standard InChI is InChI=1S/C11H20O2/c1-4-11(13)8-5-7(6-9(11)12)10(8,2)3/h7-9,12-13H,4-6H2,1-3H3/t7-,8-,9+,11-/m1/s1. The fraction of sp³-hybridized carbons (Fsp3) is 1.00. The van der Waals surface area contributed by atoms with E-state index < -0.39 is 11.7 Å². The van der Waals surface area contributed by atoms with Crippen LogP contribution in [0.3, 0.4) is 0 Å². The van der Waals surface area contributed by atoms with Crippen LogP contribution in [0.15, 0.2) is 0 Å². The molecule has 3 rings (SSSR count). The second kappa shape index (κ2) is 2.48. The fourth-order valence-electron chi connectivity index (χ4n) is 3.45. The van der Waals surface area contributed by atoms with Gasteiger partial charge in [0.15, 0.2) is 0 Å². The molecule has 2 bridgehead atoms. The van der Waals surface area contributed by atoms with Crippen molar-refractivity contribution in [2.75, 3.05) is 0 Å². The highest BCUT2D eigenvalue weighted by atomic mass is 16.3. The molecule has 4 atom stereocenters. The lowest BCUT2D eigenvalue weighted by Crippen LogP contribution is -2.67. The van der Waals surface area contributed by atoms with Gasteiger partial charge in [-0.05, 0) is 36.5 Å². The van der Waals surface area contributed by atoms with Crippen LogP contribution in [0, 0.1) is 17.3 Å². The topological polar surface area (TPSA) is 40.5 Å². The summed E-state index contributed by atoms with van der Waals surface area (Å²) in [4.78, 5) is 0. The first kappa shape index (κ1) is 9.47. The molecule has 3 aliphatic carbocycles. The maximum absolute atomic E-state index is 10.3. The lowest BCUT2D eigenvalue weighted by molar-refractivity contribution is -0.254. The fourth-order valence-corrected chi connectivity index (χ4v) is 3.45. The van der Waals surface area contributed by atoms with Gasteiger partial charge in [0.2, 0.25) is 0 Å². The van der Waals surface area contributed by atoms with Crippen molar-refractivity contribution in [2.45, 2.75) is 51.7 Å². The summed E-state index contributed by atoms with van der Waals surface area (Å²) in [5, 5.41) is 20.2. The minimum Gasteiger partial charge on any atom is -0.390 e. The van der Waals surface area contributed by atoms with Crippen LogP contribution in [0.4, 0.5) is 0 Å². The van der Waals surface area contributed by atoms with Gasteiger partial charge in [0, 0.05) is 0 Å². The van der Waals surface area contributed by atoms with E-state index in [0.29, 0.717) is 18.3 Å². The quantitative estimate of drug-likeness (QED) is 0.649. The van der Waals surface area contributed by atoms with Crippen LogP contribution in [0.2, 0.25) is 0 Å². The van der Waals surface area contributed by atoms with Crippen LogP contribution in [0.1, 0.15) is 40.0 Å². The summed E-state index contributed by atoms with van der Waals surface area (Å²) >= 11 is 0.